The van der Waals surface area contributed by atoms with Crippen LogP contribution in [0.1, 0.15) is 20.8 Å². The van der Waals surface area contributed by atoms with E-state index in [1.54, 1.807) is 39.0 Å². The minimum absolute atomic E-state index is 0.358. The Labute approximate surface area is 130 Å². The molecule has 0 aliphatic rings. The number of rotatable bonds is 3. The summed E-state index contributed by atoms with van der Waals surface area (Å²) in [7, 11) is 0. The first-order valence-corrected chi connectivity index (χ1v) is 7.03. The number of carbonyl (C=O) groups excluding carboxylic acids is 1. The maximum Gasteiger partial charge on any atom is 0.326 e. The molecule has 0 spiro atoms. The number of aliphatic carboxylic acids is 1. The number of benzene rings is 1. The molecule has 0 bridgehead atoms. The van der Waals surface area contributed by atoms with Crippen molar-refractivity contribution in [2.75, 3.05) is 5.32 Å². The summed E-state index contributed by atoms with van der Waals surface area (Å²) < 4.78 is 0.784. The lowest BCUT2D eigenvalue weighted by atomic mass is 9.87. The van der Waals surface area contributed by atoms with Gasteiger partial charge in [-0.2, -0.15) is 0 Å². The van der Waals surface area contributed by atoms with Gasteiger partial charge in [-0.1, -0.05) is 48.3 Å². The summed E-state index contributed by atoms with van der Waals surface area (Å²) in [4.78, 5) is 23.0. The van der Waals surface area contributed by atoms with E-state index in [2.05, 4.69) is 26.6 Å². The van der Waals surface area contributed by atoms with Crippen LogP contribution in [0.25, 0.3) is 0 Å². The fourth-order valence-electron chi connectivity index (χ4n) is 1.53. The molecule has 110 valence electrons. The van der Waals surface area contributed by atoms with Crippen molar-refractivity contribution in [3.8, 4) is 0 Å². The first kappa shape index (κ1) is 16.8. The Morgan fingerprint density at radius 1 is 1.35 bits per heavy atom. The predicted octanol–water partition coefficient (Wildman–Crippen LogP) is 3.72. The first-order chi connectivity index (χ1) is 9.11. The Hall–Kier alpha value is -1.27. The van der Waals surface area contributed by atoms with Crippen molar-refractivity contribution in [2.24, 2.45) is 5.41 Å². The summed E-state index contributed by atoms with van der Waals surface area (Å²) in [5, 5.41) is 14.5. The van der Waals surface area contributed by atoms with Crippen LogP contribution in [0.5, 0.6) is 0 Å². The highest BCUT2D eigenvalue weighted by Gasteiger charge is 2.32. The minimum atomic E-state index is -1.09. The van der Waals surface area contributed by atoms with Crippen molar-refractivity contribution in [3.05, 3.63) is 27.7 Å². The third kappa shape index (κ3) is 4.68. The number of hydrogen-bond acceptors (Lipinski definition) is 2. The molecule has 2 amide bonds. The lowest BCUT2D eigenvalue weighted by Crippen LogP contribution is -2.50. The number of anilines is 1. The minimum Gasteiger partial charge on any atom is -0.480 e. The van der Waals surface area contributed by atoms with Crippen LogP contribution in [0.4, 0.5) is 10.5 Å². The van der Waals surface area contributed by atoms with Crippen LogP contribution in [-0.4, -0.2) is 23.1 Å². The van der Waals surface area contributed by atoms with E-state index in [0.29, 0.717) is 10.7 Å². The molecule has 0 heterocycles. The van der Waals surface area contributed by atoms with E-state index >= 15 is 0 Å². The van der Waals surface area contributed by atoms with Gasteiger partial charge in [0.1, 0.15) is 6.04 Å². The number of carboxylic acid groups (broad SMARTS) is 1. The predicted molar refractivity (Wildman–Crippen MR) is 82.2 cm³/mol. The molecule has 0 aliphatic heterocycles. The molecule has 0 fully saturated rings. The molecule has 0 saturated heterocycles. The SMILES string of the molecule is CC(C)(C)[C@@H](NC(=O)Nc1ccc(Br)cc1Cl)C(=O)O. The van der Waals surface area contributed by atoms with Crippen LogP contribution in [0, 0.1) is 5.41 Å². The third-order valence-corrected chi connectivity index (χ3v) is 3.37. The molecule has 0 aliphatic carbocycles. The van der Waals surface area contributed by atoms with E-state index in [1.807, 2.05) is 0 Å². The molecule has 1 atom stereocenters. The van der Waals surface area contributed by atoms with Crippen LogP contribution in [-0.2, 0) is 4.79 Å². The molecule has 1 rings (SSSR count). The Kier molecular flexibility index (Phi) is 5.42. The monoisotopic (exact) mass is 362 g/mol. The van der Waals surface area contributed by atoms with Crippen LogP contribution in [0.15, 0.2) is 22.7 Å². The summed E-state index contributed by atoms with van der Waals surface area (Å²) in [6, 6.07) is 3.36. The fraction of sp³-hybridized carbons (Fsp3) is 0.385. The van der Waals surface area contributed by atoms with Gasteiger partial charge < -0.3 is 15.7 Å². The average Bonchev–Trinajstić information content (AvgIpc) is 2.28. The van der Waals surface area contributed by atoms with Gasteiger partial charge in [0.25, 0.3) is 0 Å². The molecule has 7 heteroatoms. The van der Waals surface area contributed by atoms with Gasteiger partial charge in [0.15, 0.2) is 0 Å². The van der Waals surface area contributed by atoms with Crippen LogP contribution in [0.3, 0.4) is 0 Å². The molecular weight excluding hydrogens is 348 g/mol. The van der Waals surface area contributed by atoms with E-state index in [-0.39, 0.29) is 0 Å². The second kappa shape index (κ2) is 6.45. The van der Waals surface area contributed by atoms with Gasteiger partial charge in [0, 0.05) is 4.47 Å². The van der Waals surface area contributed by atoms with Crippen molar-refractivity contribution >= 4 is 45.2 Å². The highest BCUT2D eigenvalue weighted by atomic mass is 79.9. The van der Waals surface area contributed by atoms with Gasteiger partial charge in [0.2, 0.25) is 0 Å². The zero-order valence-electron chi connectivity index (χ0n) is 11.3. The maximum atomic E-state index is 11.9. The van der Waals surface area contributed by atoms with Crippen molar-refractivity contribution in [1.82, 2.24) is 5.32 Å². The lowest BCUT2D eigenvalue weighted by molar-refractivity contribution is -0.141. The van der Waals surface area contributed by atoms with Crippen LogP contribution in [0.2, 0.25) is 5.02 Å². The quantitative estimate of drug-likeness (QED) is 0.766. The zero-order chi connectivity index (χ0) is 15.5. The first-order valence-electron chi connectivity index (χ1n) is 5.86. The normalized spacial score (nSPS) is 12.7. The van der Waals surface area contributed by atoms with Gasteiger partial charge >= 0.3 is 12.0 Å². The third-order valence-electron chi connectivity index (χ3n) is 2.57. The Morgan fingerprint density at radius 3 is 2.40 bits per heavy atom. The molecule has 3 N–H and O–H groups in total. The summed E-state index contributed by atoms with van der Waals surface area (Å²) in [5.74, 6) is -1.09. The molecule has 0 radical (unpaired) electrons. The molecule has 5 nitrogen and oxygen atoms in total. The number of halogens is 2. The van der Waals surface area contributed by atoms with Gasteiger partial charge in [0.05, 0.1) is 10.7 Å². The number of nitrogens with one attached hydrogen (secondary N) is 2. The van der Waals surface area contributed by atoms with E-state index in [4.69, 9.17) is 16.7 Å². The molecule has 1 aromatic rings. The molecule has 0 saturated carbocycles. The van der Waals surface area contributed by atoms with Gasteiger partial charge in [-0.3, -0.25) is 0 Å². The lowest BCUT2D eigenvalue weighted by Gasteiger charge is -2.27. The molecular formula is C13H16BrClN2O3. The molecule has 1 aromatic carbocycles. The molecule has 20 heavy (non-hydrogen) atoms. The van der Waals surface area contributed by atoms with Gasteiger partial charge in [-0.15, -0.1) is 0 Å². The van der Waals surface area contributed by atoms with Crippen molar-refractivity contribution in [3.63, 3.8) is 0 Å². The van der Waals surface area contributed by atoms with E-state index in [0.717, 1.165) is 4.47 Å². The summed E-state index contributed by atoms with van der Waals surface area (Å²) in [5.41, 5.74) is -0.197. The van der Waals surface area contributed by atoms with Crippen molar-refractivity contribution in [2.45, 2.75) is 26.8 Å². The van der Waals surface area contributed by atoms with Gasteiger partial charge in [-0.05, 0) is 23.6 Å². The summed E-state index contributed by atoms with van der Waals surface area (Å²) in [6.45, 7) is 5.20. The standard InChI is InChI=1S/C13H16BrClN2O3/c1-13(2,3)10(11(18)19)17-12(20)16-9-5-4-7(14)6-8(9)15/h4-6,10H,1-3H3,(H,18,19)(H2,16,17,20)/t10-/m0/s1. The second-order valence-electron chi connectivity index (χ2n) is 5.36. The number of amides is 2. The maximum absolute atomic E-state index is 11.9. The van der Waals surface area contributed by atoms with Crippen LogP contribution < -0.4 is 10.6 Å². The van der Waals surface area contributed by atoms with E-state index in [9.17, 15) is 9.59 Å². The Morgan fingerprint density at radius 2 is 1.95 bits per heavy atom. The fourth-order valence-corrected chi connectivity index (χ4v) is 2.25. The summed E-state index contributed by atoms with van der Waals surface area (Å²) in [6.07, 6.45) is 0. The topological polar surface area (TPSA) is 78.4 Å². The smallest absolute Gasteiger partial charge is 0.326 e. The number of hydrogen-bond donors (Lipinski definition) is 3. The van der Waals surface area contributed by atoms with Crippen LogP contribution >= 0.6 is 27.5 Å². The highest BCUT2D eigenvalue weighted by molar-refractivity contribution is 9.10. The average molecular weight is 364 g/mol. The number of urea groups is 1. The number of carbonyl (C=O) groups is 2. The van der Waals surface area contributed by atoms with E-state index < -0.39 is 23.5 Å². The Bertz CT molecular complexity index is 529. The van der Waals surface area contributed by atoms with Crippen molar-refractivity contribution in [1.29, 1.82) is 0 Å². The zero-order valence-corrected chi connectivity index (χ0v) is 13.7. The molecule has 0 unspecified atom stereocenters. The Balaban J connectivity index is 2.79. The number of carboxylic acids is 1. The highest BCUT2D eigenvalue weighted by Crippen LogP contribution is 2.26. The summed E-state index contributed by atoms with van der Waals surface area (Å²) >= 11 is 9.23. The second-order valence-corrected chi connectivity index (χ2v) is 6.68. The van der Waals surface area contributed by atoms with Gasteiger partial charge in [-0.25, -0.2) is 9.59 Å². The van der Waals surface area contributed by atoms with E-state index in [1.165, 1.54) is 0 Å². The largest absolute Gasteiger partial charge is 0.480 e. The molecule has 0 aromatic heterocycles. The van der Waals surface area contributed by atoms with Crippen molar-refractivity contribution < 1.29 is 14.7 Å².